The van der Waals surface area contributed by atoms with Crippen LogP contribution in [0, 0.1) is 0 Å². The van der Waals surface area contributed by atoms with Crippen LogP contribution < -0.4 is 0 Å². The van der Waals surface area contributed by atoms with Gasteiger partial charge in [0.1, 0.15) is 0 Å². The molecular formula is C14H17NO3. The highest BCUT2D eigenvalue weighted by Gasteiger charge is 2.13. The van der Waals surface area contributed by atoms with Gasteiger partial charge < -0.3 is 14.4 Å². The molecule has 4 heteroatoms. The molecule has 1 heterocycles. The second-order valence-electron chi connectivity index (χ2n) is 4.61. The first-order valence-electron chi connectivity index (χ1n) is 5.90. The number of benzene rings is 1. The van der Waals surface area contributed by atoms with Gasteiger partial charge in [0.2, 0.25) is 0 Å². The van der Waals surface area contributed by atoms with E-state index >= 15 is 0 Å². The summed E-state index contributed by atoms with van der Waals surface area (Å²) in [4.78, 5) is 11.0. The Morgan fingerprint density at radius 2 is 2.11 bits per heavy atom. The average molecular weight is 247 g/mol. The number of hydrogen-bond acceptors (Lipinski definition) is 2. The third kappa shape index (κ3) is 2.11. The predicted octanol–water partition coefficient (Wildman–Crippen LogP) is 3.07. The molecule has 0 unspecified atom stereocenters. The van der Waals surface area contributed by atoms with Crippen LogP contribution in [0.3, 0.4) is 0 Å². The fraction of sp³-hybridized carbons (Fsp3) is 0.357. The van der Waals surface area contributed by atoms with Gasteiger partial charge in [0.25, 0.3) is 0 Å². The van der Waals surface area contributed by atoms with E-state index in [4.69, 9.17) is 9.84 Å². The molecule has 1 aromatic carbocycles. The van der Waals surface area contributed by atoms with Crippen molar-refractivity contribution in [1.29, 1.82) is 0 Å². The van der Waals surface area contributed by atoms with Gasteiger partial charge in [-0.2, -0.15) is 0 Å². The Balaban J connectivity index is 2.64. The van der Waals surface area contributed by atoms with Crippen LogP contribution in [-0.2, 0) is 11.3 Å². The summed E-state index contributed by atoms with van der Waals surface area (Å²) < 4.78 is 7.36. The predicted molar refractivity (Wildman–Crippen MR) is 70.0 cm³/mol. The van der Waals surface area contributed by atoms with Crippen LogP contribution >= 0.6 is 0 Å². The van der Waals surface area contributed by atoms with Gasteiger partial charge in [-0.3, -0.25) is 0 Å². The number of carboxylic acids is 1. The van der Waals surface area contributed by atoms with Crippen molar-refractivity contribution in [3.05, 3.63) is 35.5 Å². The third-order valence-electron chi connectivity index (χ3n) is 2.97. The van der Waals surface area contributed by atoms with Crippen LogP contribution in [0.4, 0.5) is 0 Å². The number of hydrogen-bond donors (Lipinski definition) is 1. The quantitative estimate of drug-likeness (QED) is 0.903. The molecule has 1 N–H and O–H groups in total. The second kappa shape index (κ2) is 4.82. The minimum Gasteiger partial charge on any atom is -0.478 e. The summed E-state index contributed by atoms with van der Waals surface area (Å²) >= 11 is 0. The fourth-order valence-corrected chi connectivity index (χ4v) is 2.30. The molecule has 0 saturated carbocycles. The number of methoxy groups -OCH3 is 1. The highest BCUT2D eigenvalue weighted by atomic mass is 16.5. The highest BCUT2D eigenvalue weighted by Crippen LogP contribution is 2.25. The Labute approximate surface area is 106 Å². The number of carboxylic acid groups (broad SMARTS) is 1. The van der Waals surface area contributed by atoms with Crippen molar-refractivity contribution in [3.63, 3.8) is 0 Å². The molecule has 2 rings (SSSR count). The summed E-state index contributed by atoms with van der Waals surface area (Å²) in [7, 11) is 1.66. The summed E-state index contributed by atoms with van der Waals surface area (Å²) in [5, 5.41) is 9.94. The number of ether oxygens (including phenoxy) is 1. The number of nitrogens with zero attached hydrogens (tertiary/aromatic N) is 1. The van der Waals surface area contributed by atoms with Crippen molar-refractivity contribution in [2.24, 2.45) is 0 Å². The van der Waals surface area contributed by atoms with E-state index in [1.54, 1.807) is 19.2 Å². The number of rotatable bonds is 4. The van der Waals surface area contributed by atoms with E-state index < -0.39 is 5.97 Å². The number of fused-ring (bicyclic) bond motifs is 1. The first-order valence-corrected chi connectivity index (χ1v) is 5.90. The van der Waals surface area contributed by atoms with Crippen molar-refractivity contribution in [3.8, 4) is 0 Å². The van der Waals surface area contributed by atoms with E-state index in [2.05, 4.69) is 18.4 Å². The van der Waals surface area contributed by atoms with Crippen LogP contribution in [0.5, 0.6) is 0 Å². The number of aromatic carboxylic acids is 1. The highest BCUT2D eigenvalue weighted by molar-refractivity contribution is 5.94. The van der Waals surface area contributed by atoms with Gasteiger partial charge in [-0.05, 0) is 38.1 Å². The molecule has 1 aromatic heterocycles. The van der Waals surface area contributed by atoms with Crippen molar-refractivity contribution in [2.45, 2.75) is 26.5 Å². The van der Waals surface area contributed by atoms with Crippen LogP contribution in [0.15, 0.2) is 24.3 Å². The Morgan fingerprint density at radius 1 is 1.39 bits per heavy atom. The first kappa shape index (κ1) is 12.6. The van der Waals surface area contributed by atoms with Crippen LogP contribution in [0.1, 0.15) is 35.9 Å². The van der Waals surface area contributed by atoms with Gasteiger partial charge >= 0.3 is 5.97 Å². The molecule has 0 radical (unpaired) electrons. The zero-order valence-electron chi connectivity index (χ0n) is 10.8. The van der Waals surface area contributed by atoms with Crippen LogP contribution in [0.2, 0.25) is 0 Å². The molecule has 0 amide bonds. The molecule has 0 aliphatic heterocycles. The van der Waals surface area contributed by atoms with E-state index in [9.17, 15) is 4.79 Å². The molecule has 96 valence electrons. The average Bonchev–Trinajstić information content (AvgIpc) is 2.66. The smallest absolute Gasteiger partial charge is 0.335 e. The van der Waals surface area contributed by atoms with Crippen molar-refractivity contribution < 1.29 is 14.6 Å². The lowest BCUT2D eigenvalue weighted by Crippen LogP contribution is -2.06. The molecule has 0 atom stereocenters. The van der Waals surface area contributed by atoms with Gasteiger partial charge in [0.05, 0.1) is 12.2 Å². The van der Waals surface area contributed by atoms with Gasteiger partial charge in [-0.1, -0.05) is 0 Å². The maximum Gasteiger partial charge on any atom is 0.335 e. The Morgan fingerprint density at radius 3 is 2.67 bits per heavy atom. The third-order valence-corrected chi connectivity index (χ3v) is 2.97. The molecule has 0 saturated heterocycles. The van der Waals surface area contributed by atoms with Crippen molar-refractivity contribution >= 4 is 16.9 Å². The topological polar surface area (TPSA) is 51.5 Å². The van der Waals surface area contributed by atoms with Crippen LogP contribution in [-0.4, -0.2) is 22.8 Å². The molecule has 0 bridgehead atoms. The SMILES string of the molecule is COCc1cc2cc(C(=O)O)ccc2n1C(C)C. The fourth-order valence-electron chi connectivity index (χ4n) is 2.30. The van der Waals surface area contributed by atoms with E-state index in [-0.39, 0.29) is 0 Å². The van der Waals surface area contributed by atoms with E-state index in [0.29, 0.717) is 18.2 Å². The first-order chi connectivity index (χ1) is 8.54. The lowest BCUT2D eigenvalue weighted by molar-refractivity contribution is 0.0697. The maximum atomic E-state index is 11.0. The van der Waals surface area contributed by atoms with Gasteiger partial charge in [0.15, 0.2) is 0 Å². The molecule has 0 fully saturated rings. The van der Waals surface area contributed by atoms with Crippen molar-refractivity contribution in [2.75, 3.05) is 7.11 Å². The summed E-state index contributed by atoms with van der Waals surface area (Å²) in [5.74, 6) is -0.900. The van der Waals surface area contributed by atoms with E-state index in [1.165, 1.54) is 0 Å². The molecule has 0 spiro atoms. The van der Waals surface area contributed by atoms with Crippen molar-refractivity contribution in [1.82, 2.24) is 4.57 Å². The summed E-state index contributed by atoms with van der Waals surface area (Å²) in [6, 6.07) is 7.50. The molecule has 18 heavy (non-hydrogen) atoms. The maximum absolute atomic E-state index is 11.0. The standard InChI is InChI=1S/C14H17NO3/c1-9(2)15-12(8-18-3)7-11-6-10(14(16)17)4-5-13(11)15/h4-7,9H,8H2,1-3H3,(H,16,17). The van der Waals surface area contributed by atoms with E-state index in [1.807, 2.05) is 12.1 Å². The largest absolute Gasteiger partial charge is 0.478 e. The molecule has 0 aliphatic carbocycles. The molecule has 0 aliphatic rings. The number of aromatic nitrogens is 1. The summed E-state index contributed by atoms with van der Waals surface area (Å²) in [5.41, 5.74) is 2.42. The molecule has 4 nitrogen and oxygen atoms in total. The Bertz CT molecular complexity index is 584. The Hall–Kier alpha value is -1.81. The normalized spacial score (nSPS) is 11.3. The lowest BCUT2D eigenvalue weighted by Gasteiger charge is -2.14. The summed E-state index contributed by atoms with van der Waals surface area (Å²) in [6.07, 6.45) is 0. The minimum atomic E-state index is -0.900. The van der Waals surface area contributed by atoms with E-state index in [0.717, 1.165) is 16.6 Å². The van der Waals surface area contributed by atoms with Gasteiger partial charge in [0, 0.05) is 29.7 Å². The van der Waals surface area contributed by atoms with Gasteiger partial charge in [-0.25, -0.2) is 4.79 Å². The summed E-state index contributed by atoms with van der Waals surface area (Å²) in [6.45, 7) is 4.72. The number of carbonyl (C=O) groups is 1. The zero-order valence-corrected chi connectivity index (χ0v) is 10.8. The Kier molecular flexibility index (Phi) is 3.39. The molecule has 2 aromatic rings. The van der Waals surface area contributed by atoms with Gasteiger partial charge in [-0.15, -0.1) is 0 Å². The minimum absolute atomic E-state index is 0.309. The monoisotopic (exact) mass is 247 g/mol. The molecular weight excluding hydrogens is 230 g/mol. The van der Waals surface area contributed by atoms with Crippen LogP contribution in [0.25, 0.3) is 10.9 Å². The zero-order chi connectivity index (χ0) is 13.3. The second-order valence-corrected chi connectivity index (χ2v) is 4.61. The lowest BCUT2D eigenvalue weighted by atomic mass is 10.1.